The molecule has 13 nitrogen and oxygen atoms in total. The average Bonchev–Trinajstić information content (AvgIpc) is 3.60. The van der Waals surface area contributed by atoms with Crippen molar-refractivity contribution in [2.24, 2.45) is 0 Å². The summed E-state index contributed by atoms with van der Waals surface area (Å²) >= 11 is 6.89. The maximum absolute atomic E-state index is 14.5. The third-order valence-electron chi connectivity index (χ3n) is 9.51. The van der Waals surface area contributed by atoms with E-state index in [1.165, 1.54) is 12.3 Å². The molecule has 17 heteroatoms. The highest BCUT2D eigenvalue weighted by Gasteiger charge is 2.24. The molecule has 4 heterocycles. The zero-order valence-electron chi connectivity index (χ0n) is 32.0. The molecule has 1 aliphatic rings. The van der Waals surface area contributed by atoms with Crippen LogP contribution in [0.25, 0.3) is 28.3 Å². The Kier molecular flexibility index (Phi) is 12.1. The normalized spacial score (nSPS) is 13.4. The second-order valence-corrected chi connectivity index (χ2v) is 16.2. The number of fused-ring (bicyclic) bond motifs is 1. The van der Waals surface area contributed by atoms with E-state index in [0.717, 1.165) is 17.8 Å². The minimum atomic E-state index is -3.05. The number of rotatable bonds is 14. The number of anilines is 4. The molecule has 1 saturated heterocycles. The van der Waals surface area contributed by atoms with Gasteiger partial charge in [0.25, 0.3) is 5.91 Å². The summed E-state index contributed by atoms with van der Waals surface area (Å²) < 4.78 is 66.1. The van der Waals surface area contributed by atoms with Crippen LogP contribution in [-0.2, 0) is 9.84 Å². The highest BCUT2D eigenvalue weighted by atomic mass is 35.5. The number of hydrogen-bond donors (Lipinski definition) is 2. The lowest BCUT2D eigenvalue weighted by atomic mass is 10.0. The molecule has 1 amide bonds. The third-order valence-corrected chi connectivity index (χ3v) is 10.7. The van der Waals surface area contributed by atoms with Gasteiger partial charge in [-0.2, -0.15) is 0 Å². The van der Waals surface area contributed by atoms with E-state index in [1.807, 2.05) is 41.8 Å². The van der Waals surface area contributed by atoms with Gasteiger partial charge >= 0.3 is 0 Å². The zero-order chi connectivity index (χ0) is 41.0. The van der Waals surface area contributed by atoms with Crippen molar-refractivity contribution in [1.82, 2.24) is 24.3 Å². The Balaban J connectivity index is 1.20. The number of ether oxygens (including phenoxy) is 2. The summed E-state index contributed by atoms with van der Waals surface area (Å²) in [5.74, 6) is -1.46. The van der Waals surface area contributed by atoms with Crippen molar-refractivity contribution in [3.05, 3.63) is 107 Å². The predicted octanol–water partition coefficient (Wildman–Crippen LogP) is 7.35. The SMILES string of the molecule is CCOc1cc(N2CCN(CCS(C)(=O)=O)CC2)c(Cl)cc1Nc1nccc(-c2c(-c3ccc(OCC)c(C(=O)Nc4c(F)cccc4F)c3)nc3ccccn23)n1. The van der Waals surface area contributed by atoms with E-state index in [1.54, 1.807) is 43.5 Å². The summed E-state index contributed by atoms with van der Waals surface area (Å²) in [4.78, 5) is 32.2. The number of benzene rings is 3. The van der Waals surface area contributed by atoms with Gasteiger partial charge in [-0.1, -0.05) is 23.7 Å². The molecule has 0 saturated carbocycles. The van der Waals surface area contributed by atoms with Gasteiger partial charge in [0.05, 0.1) is 58.0 Å². The first-order valence-electron chi connectivity index (χ1n) is 18.6. The summed E-state index contributed by atoms with van der Waals surface area (Å²) in [7, 11) is -3.05. The summed E-state index contributed by atoms with van der Waals surface area (Å²) in [6, 6.07) is 19.2. The fraction of sp³-hybridized carbons (Fsp3) is 0.268. The Labute approximate surface area is 339 Å². The number of nitrogens with one attached hydrogen (secondary N) is 2. The van der Waals surface area contributed by atoms with Gasteiger partial charge in [-0.25, -0.2) is 32.2 Å². The number of piperazine rings is 1. The van der Waals surface area contributed by atoms with E-state index in [4.69, 9.17) is 31.0 Å². The third kappa shape index (κ3) is 8.98. The van der Waals surface area contributed by atoms with E-state index in [2.05, 4.69) is 25.4 Å². The van der Waals surface area contributed by atoms with Crippen molar-refractivity contribution in [3.63, 3.8) is 0 Å². The minimum Gasteiger partial charge on any atom is -0.493 e. The Morgan fingerprint density at radius 2 is 1.64 bits per heavy atom. The van der Waals surface area contributed by atoms with Crippen LogP contribution in [-0.4, -0.2) is 96.5 Å². The topological polar surface area (TPSA) is 143 Å². The molecule has 58 heavy (non-hydrogen) atoms. The number of aromatic nitrogens is 4. The van der Waals surface area contributed by atoms with E-state index >= 15 is 0 Å². The molecule has 7 rings (SSSR count). The summed E-state index contributed by atoms with van der Waals surface area (Å²) in [6.07, 6.45) is 4.70. The lowest BCUT2D eigenvalue weighted by Crippen LogP contribution is -2.47. The molecule has 0 radical (unpaired) electrons. The van der Waals surface area contributed by atoms with Gasteiger partial charge in [0.1, 0.15) is 44.3 Å². The smallest absolute Gasteiger partial charge is 0.259 e. The van der Waals surface area contributed by atoms with Gasteiger partial charge in [0.2, 0.25) is 5.95 Å². The lowest BCUT2D eigenvalue weighted by Gasteiger charge is -2.36. The average molecular weight is 831 g/mol. The van der Waals surface area contributed by atoms with Crippen LogP contribution in [0.5, 0.6) is 11.5 Å². The van der Waals surface area contributed by atoms with Gasteiger partial charge in [0, 0.05) is 63.0 Å². The number of carbonyl (C=O) groups is 1. The molecule has 0 atom stereocenters. The van der Waals surface area contributed by atoms with Crippen LogP contribution in [0.4, 0.5) is 31.8 Å². The molecule has 0 spiro atoms. The molecule has 1 aliphatic heterocycles. The first-order valence-corrected chi connectivity index (χ1v) is 21.1. The molecular formula is C41H41ClF2N8O5S. The van der Waals surface area contributed by atoms with Crippen LogP contribution in [0, 0.1) is 11.6 Å². The van der Waals surface area contributed by atoms with E-state index in [9.17, 15) is 22.0 Å². The molecule has 3 aromatic carbocycles. The van der Waals surface area contributed by atoms with Crippen molar-refractivity contribution >= 4 is 56.0 Å². The minimum absolute atomic E-state index is 0.0488. The number of carbonyl (C=O) groups excluding carboxylic acids is 1. The van der Waals surface area contributed by atoms with Crippen LogP contribution < -0.4 is 25.0 Å². The summed E-state index contributed by atoms with van der Waals surface area (Å²) in [6.45, 7) is 7.49. The second-order valence-electron chi connectivity index (χ2n) is 13.5. The molecular weight excluding hydrogens is 790 g/mol. The van der Waals surface area contributed by atoms with Crippen molar-refractivity contribution in [2.45, 2.75) is 13.8 Å². The van der Waals surface area contributed by atoms with Crippen LogP contribution >= 0.6 is 11.6 Å². The molecule has 2 N–H and O–H groups in total. The highest BCUT2D eigenvalue weighted by Crippen LogP contribution is 2.39. The van der Waals surface area contributed by atoms with Gasteiger partial charge < -0.3 is 25.0 Å². The number of imidazole rings is 1. The number of nitrogens with zero attached hydrogens (tertiary/aromatic N) is 6. The molecule has 0 unspecified atom stereocenters. The van der Waals surface area contributed by atoms with Gasteiger partial charge in [-0.15, -0.1) is 0 Å². The van der Waals surface area contributed by atoms with Crippen LogP contribution in [0.15, 0.2) is 85.2 Å². The van der Waals surface area contributed by atoms with Gasteiger partial charge in [-0.3, -0.25) is 14.1 Å². The number of halogens is 3. The number of pyridine rings is 1. The van der Waals surface area contributed by atoms with E-state index < -0.39 is 33.1 Å². The molecule has 0 aliphatic carbocycles. The largest absolute Gasteiger partial charge is 0.493 e. The van der Waals surface area contributed by atoms with Gasteiger partial charge in [0.15, 0.2) is 0 Å². The maximum atomic E-state index is 14.5. The predicted molar refractivity (Wildman–Crippen MR) is 221 cm³/mol. The number of sulfone groups is 1. The van der Waals surface area contributed by atoms with Gasteiger partial charge in [-0.05, 0) is 68.4 Å². The first kappa shape index (κ1) is 40.4. The number of amides is 1. The van der Waals surface area contributed by atoms with Crippen LogP contribution in [0.2, 0.25) is 5.02 Å². The Morgan fingerprint density at radius 3 is 2.36 bits per heavy atom. The Morgan fingerprint density at radius 1 is 0.897 bits per heavy atom. The van der Waals surface area contributed by atoms with Crippen molar-refractivity contribution in [2.75, 3.05) is 73.5 Å². The number of para-hydroxylation sites is 1. The van der Waals surface area contributed by atoms with Crippen LogP contribution in [0.3, 0.4) is 0 Å². The van der Waals surface area contributed by atoms with Crippen molar-refractivity contribution in [1.29, 1.82) is 0 Å². The first-order chi connectivity index (χ1) is 27.9. The fourth-order valence-corrected chi connectivity index (χ4v) is 7.59. The Hall–Kier alpha value is -5.84. The van der Waals surface area contributed by atoms with E-state index in [-0.39, 0.29) is 29.6 Å². The quantitative estimate of drug-likeness (QED) is 0.114. The standard InChI is InChI=1S/C41H41ClF2N8O5S/c1-4-56-34-13-12-26(23-27(34)40(53)49-38-29(43)9-8-10-30(38)44)37-39(52-16-7-6-11-36(52)48-37)31-14-15-45-41(46-31)47-32-24-28(42)33(25-35(32)57-5-2)51-19-17-50(18-20-51)21-22-58(3,54)55/h6-16,23-25H,4-5,17-22H2,1-3H3,(H,49,53)(H,45,46,47). The van der Waals surface area contributed by atoms with Crippen molar-refractivity contribution < 1.29 is 31.5 Å². The zero-order valence-corrected chi connectivity index (χ0v) is 33.6. The lowest BCUT2D eigenvalue weighted by molar-refractivity contribution is 0.102. The van der Waals surface area contributed by atoms with Crippen LogP contribution in [0.1, 0.15) is 24.2 Å². The van der Waals surface area contributed by atoms with Crippen molar-refractivity contribution in [3.8, 4) is 34.1 Å². The summed E-state index contributed by atoms with van der Waals surface area (Å²) in [5, 5.41) is 6.13. The highest BCUT2D eigenvalue weighted by molar-refractivity contribution is 7.90. The number of hydrogen-bond acceptors (Lipinski definition) is 11. The Bertz CT molecular complexity index is 2560. The van der Waals surface area contributed by atoms with E-state index in [0.29, 0.717) is 84.1 Å². The summed E-state index contributed by atoms with van der Waals surface area (Å²) in [5.41, 5.74) is 3.51. The monoisotopic (exact) mass is 830 g/mol. The molecule has 3 aromatic heterocycles. The molecule has 302 valence electrons. The molecule has 6 aromatic rings. The molecule has 1 fully saturated rings. The fourth-order valence-electron chi connectivity index (χ4n) is 6.71. The second kappa shape index (κ2) is 17.3. The molecule has 0 bridgehead atoms. The maximum Gasteiger partial charge on any atom is 0.259 e.